The highest BCUT2D eigenvalue weighted by molar-refractivity contribution is 9.10. The molecular weight excluding hydrogens is 330 g/mol. The molecule has 1 atom stereocenters. The number of aliphatic imine (C=N–C) groups is 1. The molecule has 1 heterocycles. The predicted molar refractivity (Wildman–Crippen MR) is 80.4 cm³/mol. The van der Waals surface area contributed by atoms with E-state index in [0.29, 0.717) is 11.0 Å². The molecule has 1 aromatic rings. The van der Waals surface area contributed by atoms with E-state index >= 15 is 0 Å². The largest absolute Gasteiger partial charge is 0.351 e. The topological polar surface area (TPSA) is 53.5 Å². The molecule has 0 fully saturated rings. The van der Waals surface area contributed by atoms with Crippen LogP contribution in [-0.4, -0.2) is 17.4 Å². The molecule has 102 valence electrons. The first-order chi connectivity index (χ1) is 8.76. The lowest BCUT2D eigenvalue weighted by molar-refractivity contribution is -0.120. The summed E-state index contributed by atoms with van der Waals surface area (Å²) in [6.07, 6.45) is 0. The highest BCUT2D eigenvalue weighted by Crippen LogP contribution is 2.30. The second kappa shape index (κ2) is 5.13. The third-order valence-electron chi connectivity index (χ3n) is 2.50. The van der Waals surface area contributed by atoms with E-state index in [1.54, 1.807) is 18.2 Å². The molecule has 0 spiro atoms. The van der Waals surface area contributed by atoms with Gasteiger partial charge in [0.05, 0.1) is 0 Å². The zero-order chi connectivity index (χ0) is 14.2. The van der Waals surface area contributed by atoms with Crippen molar-refractivity contribution in [2.75, 3.05) is 0 Å². The standard InChI is InChI=1S/C13H15BrClN3O/c1-13(2,3)18-12-16-10(11(19)17-12)8-5-4-7(15)6-9(8)14/h4-6,10H,1-3H3,(H2,16,17,18,19). The van der Waals surface area contributed by atoms with Gasteiger partial charge in [0, 0.05) is 20.6 Å². The van der Waals surface area contributed by atoms with Crippen molar-refractivity contribution in [3.8, 4) is 0 Å². The zero-order valence-electron chi connectivity index (χ0n) is 10.9. The zero-order valence-corrected chi connectivity index (χ0v) is 13.3. The molecule has 6 heteroatoms. The van der Waals surface area contributed by atoms with Crippen molar-refractivity contribution >= 4 is 39.4 Å². The van der Waals surface area contributed by atoms with Crippen LogP contribution < -0.4 is 10.6 Å². The number of carbonyl (C=O) groups is 1. The lowest BCUT2D eigenvalue weighted by Gasteiger charge is -2.21. The molecule has 1 aliphatic heterocycles. The monoisotopic (exact) mass is 343 g/mol. The normalized spacial score (nSPS) is 19.1. The van der Waals surface area contributed by atoms with E-state index in [0.717, 1.165) is 10.0 Å². The van der Waals surface area contributed by atoms with Gasteiger partial charge in [-0.25, -0.2) is 4.99 Å². The highest BCUT2D eigenvalue weighted by atomic mass is 79.9. The molecule has 2 rings (SSSR count). The number of halogens is 2. The molecule has 0 saturated heterocycles. The Morgan fingerprint density at radius 1 is 1.42 bits per heavy atom. The maximum Gasteiger partial charge on any atom is 0.256 e. The summed E-state index contributed by atoms with van der Waals surface area (Å²) in [5.74, 6) is 0.360. The van der Waals surface area contributed by atoms with E-state index in [2.05, 4.69) is 31.6 Å². The summed E-state index contributed by atoms with van der Waals surface area (Å²) in [4.78, 5) is 16.4. The van der Waals surface area contributed by atoms with Crippen molar-refractivity contribution in [1.82, 2.24) is 10.6 Å². The number of hydrogen-bond donors (Lipinski definition) is 2. The second-order valence-electron chi connectivity index (χ2n) is 5.41. The van der Waals surface area contributed by atoms with Crippen LogP contribution in [0.1, 0.15) is 32.4 Å². The molecule has 2 N–H and O–H groups in total. The molecule has 1 amide bonds. The minimum atomic E-state index is -0.545. The molecule has 0 radical (unpaired) electrons. The Kier molecular flexibility index (Phi) is 3.87. The van der Waals surface area contributed by atoms with E-state index in [-0.39, 0.29) is 11.4 Å². The number of rotatable bonds is 1. The Bertz CT molecular complexity index is 551. The number of guanidine groups is 1. The maximum atomic E-state index is 12.0. The fourth-order valence-electron chi connectivity index (χ4n) is 1.76. The van der Waals surface area contributed by atoms with E-state index in [4.69, 9.17) is 11.6 Å². The number of carbonyl (C=O) groups excluding carboxylic acids is 1. The number of amides is 1. The fraction of sp³-hybridized carbons (Fsp3) is 0.385. The van der Waals surface area contributed by atoms with Gasteiger partial charge in [0.1, 0.15) is 0 Å². The molecule has 0 aliphatic carbocycles. The fourth-order valence-corrected chi connectivity index (χ4v) is 2.66. The molecule has 0 aromatic heterocycles. The van der Waals surface area contributed by atoms with Crippen molar-refractivity contribution in [3.05, 3.63) is 33.3 Å². The first kappa shape index (κ1) is 14.3. The average molecular weight is 345 g/mol. The van der Waals surface area contributed by atoms with Crippen LogP contribution in [0.3, 0.4) is 0 Å². The van der Waals surface area contributed by atoms with Crippen LogP contribution in [-0.2, 0) is 4.79 Å². The SMILES string of the molecule is CC(C)(C)NC1=NC(c2ccc(Cl)cc2Br)C(=O)N1. The van der Waals surface area contributed by atoms with Gasteiger partial charge in [-0.1, -0.05) is 33.6 Å². The quantitative estimate of drug-likeness (QED) is 0.823. The van der Waals surface area contributed by atoms with Gasteiger partial charge in [-0.3, -0.25) is 10.1 Å². The Morgan fingerprint density at radius 2 is 2.11 bits per heavy atom. The van der Waals surface area contributed by atoms with E-state index in [9.17, 15) is 4.79 Å². The van der Waals surface area contributed by atoms with E-state index in [1.807, 2.05) is 20.8 Å². The Hall–Kier alpha value is -1.07. The van der Waals surface area contributed by atoms with Crippen molar-refractivity contribution in [1.29, 1.82) is 0 Å². The van der Waals surface area contributed by atoms with Crippen molar-refractivity contribution in [2.45, 2.75) is 32.4 Å². The van der Waals surface area contributed by atoms with Gasteiger partial charge < -0.3 is 5.32 Å². The molecular formula is C13H15BrClN3O. The van der Waals surface area contributed by atoms with Gasteiger partial charge in [-0.15, -0.1) is 0 Å². The van der Waals surface area contributed by atoms with Crippen LogP contribution in [0.2, 0.25) is 5.02 Å². The minimum absolute atomic E-state index is 0.144. The molecule has 0 saturated carbocycles. The molecule has 1 aliphatic rings. The molecule has 1 unspecified atom stereocenters. The predicted octanol–water partition coefficient (Wildman–Crippen LogP) is 3.02. The summed E-state index contributed by atoms with van der Waals surface area (Å²) < 4.78 is 0.779. The summed E-state index contributed by atoms with van der Waals surface area (Å²) in [5, 5.41) is 6.52. The van der Waals surface area contributed by atoms with Crippen LogP contribution in [0, 0.1) is 0 Å². The lowest BCUT2D eigenvalue weighted by Crippen LogP contribution is -2.46. The van der Waals surface area contributed by atoms with Crippen molar-refractivity contribution in [2.24, 2.45) is 4.99 Å². The Balaban J connectivity index is 2.27. The van der Waals surface area contributed by atoms with Gasteiger partial charge in [0.15, 0.2) is 12.0 Å². The highest BCUT2D eigenvalue weighted by Gasteiger charge is 2.30. The second-order valence-corrected chi connectivity index (χ2v) is 6.70. The summed E-state index contributed by atoms with van der Waals surface area (Å²) >= 11 is 9.31. The third kappa shape index (κ3) is 3.48. The van der Waals surface area contributed by atoms with Gasteiger partial charge in [-0.05, 0) is 32.9 Å². The number of hydrogen-bond acceptors (Lipinski definition) is 3. The van der Waals surface area contributed by atoms with Gasteiger partial charge in [0.2, 0.25) is 0 Å². The van der Waals surface area contributed by atoms with E-state index < -0.39 is 6.04 Å². The smallest absolute Gasteiger partial charge is 0.256 e. The van der Waals surface area contributed by atoms with Crippen LogP contribution in [0.15, 0.2) is 27.7 Å². The summed E-state index contributed by atoms with van der Waals surface area (Å²) in [5.41, 5.74) is 0.644. The van der Waals surface area contributed by atoms with Crippen LogP contribution in [0.4, 0.5) is 0 Å². The number of nitrogens with one attached hydrogen (secondary N) is 2. The molecule has 4 nitrogen and oxygen atoms in total. The summed E-state index contributed by atoms with van der Waals surface area (Å²) in [7, 11) is 0. The first-order valence-electron chi connectivity index (χ1n) is 5.88. The summed E-state index contributed by atoms with van der Waals surface area (Å²) in [6, 6.07) is 4.77. The first-order valence-corrected chi connectivity index (χ1v) is 7.05. The van der Waals surface area contributed by atoms with Gasteiger partial charge >= 0.3 is 0 Å². The lowest BCUT2D eigenvalue weighted by atomic mass is 10.1. The molecule has 1 aromatic carbocycles. The minimum Gasteiger partial charge on any atom is -0.351 e. The van der Waals surface area contributed by atoms with Gasteiger partial charge in [0.25, 0.3) is 5.91 Å². The third-order valence-corrected chi connectivity index (χ3v) is 3.42. The number of nitrogens with zero attached hydrogens (tertiary/aromatic N) is 1. The van der Waals surface area contributed by atoms with E-state index in [1.165, 1.54) is 0 Å². The van der Waals surface area contributed by atoms with Crippen molar-refractivity contribution in [3.63, 3.8) is 0 Å². The number of benzene rings is 1. The summed E-state index contributed by atoms with van der Waals surface area (Å²) in [6.45, 7) is 6.02. The average Bonchev–Trinajstić information content (AvgIpc) is 2.56. The van der Waals surface area contributed by atoms with Crippen LogP contribution in [0.25, 0.3) is 0 Å². The van der Waals surface area contributed by atoms with Gasteiger partial charge in [-0.2, -0.15) is 0 Å². The van der Waals surface area contributed by atoms with Crippen LogP contribution >= 0.6 is 27.5 Å². The Labute approximate surface area is 125 Å². The molecule has 19 heavy (non-hydrogen) atoms. The van der Waals surface area contributed by atoms with Crippen LogP contribution in [0.5, 0.6) is 0 Å². The molecule has 0 bridgehead atoms. The maximum absolute atomic E-state index is 12.0. The van der Waals surface area contributed by atoms with Crippen molar-refractivity contribution < 1.29 is 4.79 Å². The Morgan fingerprint density at radius 3 is 2.68 bits per heavy atom.